The Morgan fingerprint density at radius 1 is 1.29 bits per heavy atom. The van der Waals surface area contributed by atoms with Crippen molar-refractivity contribution in [2.75, 3.05) is 11.8 Å². The number of benzene rings is 1. The van der Waals surface area contributed by atoms with Gasteiger partial charge in [-0.05, 0) is 36.1 Å². The summed E-state index contributed by atoms with van der Waals surface area (Å²) in [7, 11) is 0. The van der Waals surface area contributed by atoms with E-state index in [0.717, 1.165) is 10.0 Å². The average Bonchev–Trinajstić information content (AvgIpc) is 2.19. The Balaban J connectivity index is 2.79. The van der Waals surface area contributed by atoms with Crippen molar-refractivity contribution in [3.63, 3.8) is 0 Å². The van der Waals surface area contributed by atoms with E-state index in [1.54, 1.807) is 6.07 Å². The number of rotatable bonds is 4. The van der Waals surface area contributed by atoms with Crippen molar-refractivity contribution in [3.05, 3.63) is 34.1 Å². The molecule has 0 nitrogen and oxygen atoms in total. The molecule has 0 aromatic heterocycles. The zero-order valence-electron chi connectivity index (χ0n) is 7.44. The van der Waals surface area contributed by atoms with Crippen LogP contribution in [0.4, 0.5) is 4.39 Å². The monoisotopic (exact) mass is 298 g/mol. The Bertz CT molecular complexity index is 300. The minimum Gasteiger partial charge on any atom is -0.207 e. The molecule has 0 spiro atoms. The summed E-state index contributed by atoms with van der Waals surface area (Å²) >= 11 is 14.8. The number of halogens is 4. The highest BCUT2D eigenvalue weighted by Crippen LogP contribution is 2.22. The predicted molar refractivity (Wildman–Crippen MR) is 62.7 cm³/mol. The van der Waals surface area contributed by atoms with Gasteiger partial charge in [-0.25, -0.2) is 4.39 Å². The third-order valence-corrected chi connectivity index (χ3v) is 3.60. The molecule has 0 N–H and O–H groups in total. The van der Waals surface area contributed by atoms with E-state index in [9.17, 15) is 4.39 Å². The van der Waals surface area contributed by atoms with Crippen molar-refractivity contribution < 1.29 is 4.39 Å². The third kappa shape index (κ3) is 3.41. The second kappa shape index (κ2) is 5.94. The molecule has 0 aliphatic carbocycles. The minimum absolute atomic E-state index is 0.191. The van der Waals surface area contributed by atoms with Gasteiger partial charge in [0.25, 0.3) is 0 Å². The highest BCUT2D eigenvalue weighted by molar-refractivity contribution is 9.10. The van der Waals surface area contributed by atoms with E-state index >= 15 is 0 Å². The lowest BCUT2D eigenvalue weighted by atomic mass is 10.0. The fraction of sp³-hybridized carbons (Fsp3) is 0.400. The quantitative estimate of drug-likeness (QED) is 0.730. The Morgan fingerprint density at radius 3 is 2.50 bits per heavy atom. The van der Waals surface area contributed by atoms with Crippen LogP contribution < -0.4 is 0 Å². The Morgan fingerprint density at radius 2 is 1.93 bits per heavy atom. The van der Waals surface area contributed by atoms with Crippen LogP contribution in [-0.4, -0.2) is 11.8 Å². The molecule has 0 amide bonds. The highest BCUT2D eigenvalue weighted by Gasteiger charge is 2.10. The average molecular weight is 300 g/mol. The number of alkyl halides is 2. The maximum atomic E-state index is 12.9. The molecule has 0 radical (unpaired) electrons. The SMILES string of the molecule is Fc1ccc(Br)c(CC(CCl)CCl)c1. The van der Waals surface area contributed by atoms with E-state index < -0.39 is 0 Å². The summed E-state index contributed by atoms with van der Waals surface area (Å²) in [4.78, 5) is 0. The molecule has 14 heavy (non-hydrogen) atoms. The van der Waals surface area contributed by atoms with Crippen molar-refractivity contribution in [1.29, 1.82) is 0 Å². The topological polar surface area (TPSA) is 0 Å². The summed E-state index contributed by atoms with van der Waals surface area (Å²) in [5.41, 5.74) is 0.913. The predicted octanol–water partition coefficient (Wildman–Crippen LogP) is 4.22. The lowest BCUT2D eigenvalue weighted by Crippen LogP contribution is -2.08. The first kappa shape index (κ1) is 12.3. The van der Waals surface area contributed by atoms with Crippen LogP contribution >= 0.6 is 39.1 Å². The Labute approximate surface area is 102 Å². The molecule has 0 fully saturated rings. The second-order valence-corrected chi connectivity index (χ2v) is 4.59. The van der Waals surface area contributed by atoms with Crippen LogP contribution in [0.3, 0.4) is 0 Å². The zero-order chi connectivity index (χ0) is 10.6. The smallest absolute Gasteiger partial charge is 0.123 e. The van der Waals surface area contributed by atoms with Gasteiger partial charge in [-0.3, -0.25) is 0 Å². The molecular formula is C10H10BrCl2F. The fourth-order valence-electron chi connectivity index (χ4n) is 1.16. The summed E-state index contributed by atoms with van der Waals surface area (Å²) in [6.45, 7) is 0. The molecule has 0 unspecified atom stereocenters. The number of hydrogen-bond donors (Lipinski definition) is 0. The van der Waals surface area contributed by atoms with E-state index in [2.05, 4.69) is 15.9 Å². The largest absolute Gasteiger partial charge is 0.207 e. The summed E-state index contributed by atoms with van der Waals surface area (Å²) < 4.78 is 13.8. The van der Waals surface area contributed by atoms with Gasteiger partial charge >= 0.3 is 0 Å². The molecule has 0 heterocycles. The standard InChI is InChI=1S/C10H10BrCl2F/c11-10-2-1-9(14)4-8(10)3-7(5-12)6-13/h1-2,4,7H,3,5-6H2. The minimum atomic E-state index is -0.230. The van der Waals surface area contributed by atoms with Gasteiger partial charge in [0.2, 0.25) is 0 Å². The van der Waals surface area contributed by atoms with Crippen LogP contribution in [-0.2, 0) is 6.42 Å². The van der Waals surface area contributed by atoms with Crippen LogP contribution in [0.15, 0.2) is 22.7 Å². The maximum absolute atomic E-state index is 12.9. The van der Waals surface area contributed by atoms with E-state index in [-0.39, 0.29) is 11.7 Å². The fourth-order valence-corrected chi connectivity index (χ4v) is 2.12. The van der Waals surface area contributed by atoms with Crippen LogP contribution in [0.1, 0.15) is 5.56 Å². The molecule has 1 aromatic rings. The highest BCUT2D eigenvalue weighted by atomic mass is 79.9. The van der Waals surface area contributed by atoms with E-state index in [0.29, 0.717) is 18.2 Å². The van der Waals surface area contributed by atoms with E-state index in [1.165, 1.54) is 12.1 Å². The van der Waals surface area contributed by atoms with Gasteiger partial charge in [0.05, 0.1) is 0 Å². The summed E-state index contributed by atoms with van der Waals surface area (Å²) in [5.74, 6) is 0.946. The van der Waals surface area contributed by atoms with Crippen molar-refractivity contribution in [2.24, 2.45) is 5.92 Å². The Kier molecular flexibility index (Phi) is 5.21. The molecule has 0 aliphatic rings. The lowest BCUT2D eigenvalue weighted by molar-refractivity contribution is 0.615. The van der Waals surface area contributed by atoms with Gasteiger partial charge < -0.3 is 0 Å². The molecule has 0 saturated heterocycles. The maximum Gasteiger partial charge on any atom is 0.123 e. The van der Waals surface area contributed by atoms with Crippen LogP contribution in [0.2, 0.25) is 0 Å². The van der Waals surface area contributed by atoms with Gasteiger partial charge in [-0.15, -0.1) is 23.2 Å². The normalized spacial score (nSPS) is 10.9. The number of hydrogen-bond acceptors (Lipinski definition) is 0. The molecule has 1 rings (SSSR count). The molecule has 0 atom stereocenters. The van der Waals surface area contributed by atoms with Crippen molar-refractivity contribution >= 4 is 39.1 Å². The summed E-state index contributed by atoms with van der Waals surface area (Å²) in [6.07, 6.45) is 0.700. The molecule has 0 saturated carbocycles. The van der Waals surface area contributed by atoms with Crippen LogP contribution in [0.5, 0.6) is 0 Å². The van der Waals surface area contributed by atoms with Gasteiger partial charge in [-0.2, -0.15) is 0 Å². The summed E-state index contributed by atoms with van der Waals surface area (Å²) in [5, 5.41) is 0. The first-order valence-electron chi connectivity index (χ1n) is 4.23. The third-order valence-electron chi connectivity index (χ3n) is 1.95. The Hall–Kier alpha value is 0.210. The van der Waals surface area contributed by atoms with Crippen LogP contribution in [0, 0.1) is 11.7 Å². The van der Waals surface area contributed by atoms with Crippen LogP contribution in [0.25, 0.3) is 0 Å². The zero-order valence-corrected chi connectivity index (χ0v) is 10.5. The molecule has 1 aromatic carbocycles. The van der Waals surface area contributed by atoms with Crippen molar-refractivity contribution in [1.82, 2.24) is 0 Å². The van der Waals surface area contributed by atoms with E-state index in [4.69, 9.17) is 23.2 Å². The first-order valence-corrected chi connectivity index (χ1v) is 6.09. The molecule has 78 valence electrons. The van der Waals surface area contributed by atoms with Gasteiger partial charge in [-0.1, -0.05) is 15.9 Å². The first-order chi connectivity index (χ1) is 6.67. The molecule has 0 bridgehead atoms. The van der Waals surface area contributed by atoms with Gasteiger partial charge in [0, 0.05) is 16.2 Å². The second-order valence-electron chi connectivity index (χ2n) is 3.11. The molecule has 4 heteroatoms. The summed E-state index contributed by atoms with van der Waals surface area (Å²) in [6, 6.07) is 4.63. The lowest BCUT2D eigenvalue weighted by Gasteiger charge is -2.11. The van der Waals surface area contributed by atoms with Crippen molar-refractivity contribution in [3.8, 4) is 0 Å². The molecule has 0 aliphatic heterocycles. The van der Waals surface area contributed by atoms with Gasteiger partial charge in [0.15, 0.2) is 0 Å². The van der Waals surface area contributed by atoms with Crippen molar-refractivity contribution in [2.45, 2.75) is 6.42 Å². The van der Waals surface area contributed by atoms with Gasteiger partial charge in [0.1, 0.15) is 5.82 Å². The molecular weight excluding hydrogens is 290 g/mol. The van der Waals surface area contributed by atoms with E-state index in [1.807, 2.05) is 0 Å².